The number of pyridine rings is 1. The zero-order chi connectivity index (χ0) is 11.4. The SMILES string of the molecule is COc1cccc(NC(=O)C2CCOC2)n1. The predicted molar refractivity (Wildman–Crippen MR) is 58.3 cm³/mol. The lowest BCUT2D eigenvalue weighted by Gasteiger charge is -2.09. The average molecular weight is 222 g/mol. The van der Waals surface area contributed by atoms with Crippen LogP contribution in [0.2, 0.25) is 0 Å². The molecule has 1 aliphatic heterocycles. The van der Waals surface area contributed by atoms with E-state index in [9.17, 15) is 4.79 Å². The Bertz CT molecular complexity index is 375. The van der Waals surface area contributed by atoms with Gasteiger partial charge >= 0.3 is 0 Å². The molecule has 0 saturated carbocycles. The van der Waals surface area contributed by atoms with Crippen molar-refractivity contribution in [2.24, 2.45) is 5.92 Å². The molecule has 0 radical (unpaired) electrons. The smallest absolute Gasteiger partial charge is 0.231 e. The summed E-state index contributed by atoms with van der Waals surface area (Å²) in [5.74, 6) is 0.892. The van der Waals surface area contributed by atoms with E-state index in [1.165, 1.54) is 0 Å². The van der Waals surface area contributed by atoms with Gasteiger partial charge in [0.15, 0.2) is 0 Å². The highest BCUT2D eigenvalue weighted by Gasteiger charge is 2.23. The maximum Gasteiger partial charge on any atom is 0.231 e. The Morgan fingerprint density at radius 2 is 2.50 bits per heavy atom. The monoisotopic (exact) mass is 222 g/mol. The fourth-order valence-corrected chi connectivity index (χ4v) is 1.57. The van der Waals surface area contributed by atoms with Crippen molar-refractivity contribution in [2.45, 2.75) is 6.42 Å². The third-order valence-corrected chi connectivity index (χ3v) is 2.48. The van der Waals surface area contributed by atoms with Gasteiger partial charge in [-0.25, -0.2) is 0 Å². The van der Waals surface area contributed by atoms with Gasteiger partial charge in [0.1, 0.15) is 5.82 Å². The van der Waals surface area contributed by atoms with E-state index in [1.54, 1.807) is 25.3 Å². The van der Waals surface area contributed by atoms with Crippen LogP contribution in [-0.4, -0.2) is 31.2 Å². The summed E-state index contributed by atoms with van der Waals surface area (Å²) >= 11 is 0. The van der Waals surface area contributed by atoms with Crippen LogP contribution in [0.1, 0.15) is 6.42 Å². The maximum absolute atomic E-state index is 11.7. The van der Waals surface area contributed by atoms with Crippen LogP contribution < -0.4 is 10.1 Å². The molecule has 5 heteroatoms. The zero-order valence-corrected chi connectivity index (χ0v) is 9.10. The molecule has 5 nitrogen and oxygen atoms in total. The van der Waals surface area contributed by atoms with Crippen molar-refractivity contribution in [3.63, 3.8) is 0 Å². The lowest BCUT2D eigenvalue weighted by atomic mass is 10.1. The third-order valence-electron chi connectivity index (χ3n) is 2.48. The van der Waals surface area contributed by atoms with Crippen LogP contribution in [-0.2, 0) is 9.53 Å². The Morgan fingerprint density at radius 3 is 3.19 bits per heavy atom. The van der Waals surface area contributed by atoms with Crippen molar-refractivity contribution in [1.29, 1.82) is 0 Å². The molecular weight excluding hydrogens is 208 g/mol. The highest BCUT2D eigenvalue weighted by molar-refractivity contribution is 5.91. The number of carbonyl (C=O) groups excluding carboxylic acids is 1. The van der Waals surface area contributed by atoms with Gasteiger partial charge in [-0.05, 0) is 12.5 Å². The Morgan fingerprint density at radius 1 is 1.62 bits per heavy atom. The molecule has 1 amide bonds. The minimum Gasteiger partial charge on any atom is -0.481 e. The number of nitrogens with zero attached hydrogens (tertiary/aromatic N) is 1. The van der Waals surface area contributed by atoms with Crippen LogP contribution in [0.5, 0.6) is 5.88 Å². The number of methoxy groups -OCH3 is 1. The van der Waals surface area contributed by atoms with Crippen LogP contribution in [0.4, 0.5) is 5.82 Å². The summed E-state index contributed by atoms with van der Waals surface area (Å²) in [6, 6.07) is 5.25. The van der Waals surface area contributed by atoms with E-state index >= 15 is 0 Å². The van der Waals surface area contributed by atoms with E-state index in [0.29, 0.717) is 24.9 Å². The lowest BCUT2D eigenvalue weighted by Crippen LogP contribution is -2.23. The first-order chi connectivity index (χ1) is 7.79. The minimum absolute atomic E-state index is 0.0433. The molecule has 1 aliphatic rings. The molecule has 16 heavy (non-hydrogen) atoms. The average Bonchev–Trinajstić information content (AvgIpc) is 2.83. The van der Waals surface area contributed by atoms with E-state index in [0.717, 1.165) is 6.42 Å². The number of ether oxygens (including phenoxy) is 2. The number of rotatable bonds is 3. The zero-order valence-electron chi connectivity index (χ0n) is 9.10. The number of aromatic nitrogens is 1. The van der Waals surface area contributed by atoms with Gasteiger partial charge in [-0.3, -0.25) is 4.79 Å². The molecule has 1 N–H and O–H groups in total. The summed E-state index contributed by atoms with van der Waals surface area (Å²) in [6.07, 6.45) is 0.774. The van der Waals surface area contributed by atoms with Crippen LogP contribution >= 0.6 is 0 Å². The van der Waals surface area contributed by atoms with Gasteiger partial charge in [-0.2, -0.15) is 4.98 Å². The molecule has 0 spiro atoms. The standard InChI is InChI=1S/C11H14N2O3/c1-15-10-4-2-3-9(12-10)13-11(14)8-5-6-16-7-8/h2-4,8H,5-7H2,1H3,(H,12,13,14). The summed E-state index contributed by atoms with van der Waals surface area (Å²) < 4.78 is 10.1. The maximum atomic E-state index is 11.7. The summed E-state index contributed by atoms with van der Waals surface area (Å²) in [4.78, 5) is 15.9. The van der Waals surface area contributed by atoms with E-state index in [4.69, 9.17) is 9.47 Å². The second kappa shape index (κ2) is 4.94. The molecule has 1 aromatic rings. The summed E-state index contributed by atoms with van der Waals surface area (Å²) in [5.41, 5.74) is 0. The van der Waals surface area contributed by atoms with Gasteiger partial charge in [0, 0.05) is 12.7 Å². The molecule has 0 aliphatic carbocycles. The van der Waals surface area contributed by atoms with Crippen molar-refractivity contribution in [3.05, 3.63) is 18.2 Å². The second-order valence-electron chi connectivity index (χ2n) is 3.61. The Balaban J connectivity index is 1.99. The Labute approximate surface area is 93.8 Å². The molecule has 2 heterocycles. The van der Waals surface area contributed by atoms with Crippen molar-refractivity contribution in [3.8, 4) is 5.88 Å². The van der Waals surface area contributed by atoms with Crippen molar-refractivity contribution >= 4 is 11.7 Å². The van der Waals surface area contributed by atoms with Crippen LogP contribution in [0, 0.1) is 5.92 Å². The van der Waals surface area contributed by atoms with Gasteiger partial charge in [-0.15, -0.1) is 0 Å². The van der Waals surface area contributed by atoms with Crippen molar-refractivity contribution in [1.82, 2.24) is 4.98 Å². The van der Waals surface area contributed by atoms with Gasteiger partial charge in [0.2, 0.25) is 11.8 Å². The summed E-state index contributed by atoms with van der Waals surface area (Å²) in [6.45, 7) is 1.15. The molecule has 2 rings (SSSR count). The fraction of sp³-hybridized carbons (Fsp3) is 0.455. The van der Waals surface area contributed by atoms with Gasteiger partial charge in [-0.1, -0.05) is 6.07 Å². The fourth-order valence-electron chi connectivity index (χ4n) is 1.57. The molecule has 86 valence electrons. The largest absolute Gasteiger partial charge is 0.481 e. The van der Waals surface area contributed by atoms with Gasteiger partial charge in [0.05, 0.1) is 19.6 Å². The first-order valence-electron chi connectivity index (χ1n) is 5.19. The topological polar surface area (TPSA) is 60.5 Å². The molecule has 1 saturated heterocycles. The van der Waals surface area contributed by atoms with E-state index in [2.05, 4.69) is 10.3 Å². The first-order valence-corrected chi connectivity index (χ1v) is 5.19. The highest BCUT2D eigenvalue weighted by atomic mass is 16.5. The summed E-state index contributed by atoms with van der Waals surface area (Å²) in [7, 11) is 1.54. The van der Waals surface area contributed by atoms with E-state index < -0.39 is 0 Å². The molecule has 1 aromatic heterocycles. The predicted octanol–water partition coefficient (Wildman–Crippen LogP) is 1.07. The van der Waals surface area contributed by atoms with Crippen LogP contribution in [0.3, 0.4) is 0 Å². The molecular formula is C11H14N2O3. The molecule has 0 bridgehead atoms. The minimum atomic E-state index is -0.0620. The molecule has 1 unspecified atom stereocenters. The normalized spacial score (nSPS) is 19.4. The van der Waals surface area contributed by atoms with E-state index in [1.807, 2.05) is 0 Å². The van der Waals surface area contributed by atoms with E-state index in [-0.39, 0.29) is 11.8 Å². The number of nitrogens with one attached hydrogen (secondary N) is 1. The van der Waals surface area contributed by atoms with Crippen molar-refractivity contribution < 1.29 is 14.3 Å². The van der Waals surface area contributed by atoms with Crippen LogP contribution in [0.25, 0.3) is 0 Å². The van der Waals surface area contributed by atoms with Gasteiger partial charge < -0.3 is 14.8 Å². The van der Waals surface area contributed by atoms with Gasteiger partial charge in [0.25, 0.3) is 0 Å². The molecule has 1 fully saturated rings. The van der Waals surface area contributed by atoms with Crippen molar-refractivity contribution in [2.75, 3.05) is 25.6 Å². The highest BCUT2D eigenvalue weighted by Crippen LogP contribution is 2.16. The number of amides is 1. The molecule has 1 atom stereocenters. The lowest BCUT2D eigenvalue weighted by molar-refractivity contribution is -0.119. The number of carbonyl (C=O) groups is 1. The molecule has 0 aromatic carbocycles. The third kappa shape index (κ3) is 2.49. The Hall–Kier alpha value is -1.62. The Kier molecular flexibility index (Phi) is 3.36. The quantitative estimate of drug-likeness (QED) is 0.830. The number of hydrogen-bond acceptors (Lipinski definition) is 4. The number of hydrogen-bond donors (Lipinski definition) is 1. The first kappa shape index (κ1) is 10.9. The second-order valence-corrected chi connectivity index (χ2v) is 3.61. The number of anilines is 1. The van der Waals surface area contributed by atoms with Crippen LogP contribution in [0.15, 0.2) is 18.2 Å². The summed E-state index contributed by atoms with van der Waals surface area (Å²) in [5, 5.41) is 2.75.